The Labute approximate surface area is 142 Å². The van der Waals surface area contributed by atoms with Crippen molar-refractivity contribution in [1.82, 2.24) is 19.7 Å². The van der Waals surface area contributed by atoms with Crippen LogP contribution in [0.5, 0.6) is 5.75 Å². The van der Waals surface area contributed by atoms with Crippen molar-refractivity contribution in [2.75, 3.05) is 13.7 Å². The molecule has 0 spiro atoms. The van der Waals surface area contributed by atoms with Gasteiger partial charge in [-0.25, -0.2) is 9.37 Å². The molecule has 0 saturated heterocycles. The summed E-state index contributed by atoms with van der Waals surface area (Å²) in [5.41, 5.74) is 3.47. The van der Waals surface area contributed by atoms with E-state index >= 15 is 0 Å². The summed E-state index contributed by atoms with van der Waals surface area (Å²) in [7, 11) is 1.43. The number of ether oxygens (including phenoxy) is 1. The number of hydrogen-bond acceptors (Lipinski definition) is 5. The number of hydrogen-bond donors (Lipinski definition) is 1. The third-order valence-corrected chi connectivity index (χ3v) is 4.06. The van der Waals surface area contributed by atoms with E-state index in [0.29, 0.717) is 23.3 Å². The molecule has 0 aliphatic rings. The van der Waals surface area contributed by atoms with E-state index in [2.05, 4.69) is 15.1 Å². The molecule has 4 rings (SSSR count). The number of fused-ring (bicyclic) bond motifs is 2. The molecule has 1 N–H and O–H groups in total. The van der Waals surface area contributed by atoms with E-state index in [1.54, 1.807) is 29.2 Å². The zero-order valence-electron chi connectivity index (χ0n) is 13.5. The van der Waals surface area contributed by atoms with Gasteiger partial charge in [0.05, 0.1) is 54.9 Å². The summed E-state index contributed by atoms with van der Waals surface area (Å²) in [4.78, 5) is 9.03. The molecule has 0 aliphatic heterocycles. The molecular weight excluding hydrogens is 323 g/mol. The fourth-order valence-corrected chi connectivity index (χ4v) is 2.82. The van der Waals surface area contributed by atoms with E-state index in [9.17, 15) is 4.39 Å². The Hall–Kier alpha value is -3.06. The summed E-state index contributed by atoms with van der Waals surface area (Å²) in [6.07, 6.45) is 3.35. The van der Waals surface area contributed by atoms with Gasteiger partial charge in [-0.1, -0.05) is 0 Å². The topological polar surface area (TPSA) is 73.1 Å². The van der Waals surface area contributed by atoms with Crippen LogP contribution in [0.1, 0.15) is 0 Å². The first kappa shape index (κ1) is 15.5. The van der Waals surface area contributed by atoms with Crippen LogP contribution in [-0.2, 0) is 6.54 Å². The first-order valence-electron chi connectivity index (χ1n) is 7.76. The monoisotopic (exact) mass is 338 g/mol. The summed E-state index contributed by atoms with van der Waals surface area (Å²) >= 11 is 0. The smallest absolute Gasteiger partial charge is 0.165 e. The third-order valence-electron chi connectivity index (χ3n) is 4.06. The molecule has 0 aliphatic carbocycles. The van der Waals surface area contributed by atoms with Crippen molar-refractivity contribution in [3.05, 3.63) is 48.5 Å². The Balaban J connectivity index is 1.84. The van der Waals surface area contributed by atoms with Gasteiger partial charge in [0.2, 0.25) is 0 Å². The third kappa shape index (κ3) is 2.68. The Morgan fingerprint density at radius 1 is 1.16 bits per heavy atom. The van der Waals surface area contributed by atoms with Crippen molar-refractivity contribution < 1.29 is 14.2 Å². The predicted molar refractivity (Wildman–Crippen MR) is 91.9 cm³/mol. The van der Waals surface area contributed by atoms with E-state index in [1.165, 1.54) is 13.2 Å². The van der Waals surface area contributed by atoms with E-state index in [1.807, 2.05) is 12.1 Å². The quantitative estimate of drug-likeness (QED) is 0.619. The summed E-state index contributed by atoms with van der Waals surface area (Å²) in [5, 5.41) is 14.3. The van der Waals surface area contributed by atoms with Crippen LogP contribution in [0.2, 0.25) is 0 Å². The number of aliphatic hydroxyl groups is 1. The molecule has 0 unspecified atom stereocenters. The van der Waals surface area contributed by atoms with Gasteiger partial charge >= 0.3 is 0 Å². The lowest BCUT2D eigenvalue weighted by atomic mass is 10.1. The molecule has 0 radical (unpaired) electrons. The molecule has 25 heavy (non-hydrogen) atoms. The molecular formula is C18H15FN4O2. The van der Waals surface area contributed by atoms with Crippen LogP contribution >= 0.6 is 0 Å². The number of rotatable bonds is 4. The summed E-state index contributed by atoms with van der Waals surface area (Å²) in [5.74, 6) is -0.259. The second kappa shape index (κ2) is 6.10. The minimum atomic E-state index is -0.446. The largest absolute Gasteiger partial charge is 0.494 e. The van der Waals surface area contributed by atoms with Gasteiger partial charge in [0.25, 0.3) is 0 Å². The highest BCUT2D eigenvalue weighted by Gasteiger charge is 2.10. The predicted octanol–water partition coefficient (Wildman–Crippen LogP) is 2.79. The molecule has 0 atom stereocenters. The molecule has 2 heterocycles. The van der Waals surface area contributed by atoms with Crippen LogP contribution in [0, 0.1) is 5.82 Å². The average molecular weight is 338 g/mol. The molecule has 0 fully saturated rings. The minimum absolute atomic E-state index is 0.00562. The zero-order chi connectivity index (χ0) is 17.4. The SMILES string of the molecule is COc1ccc(-c2cnc3cc4cnn(CCO)c4cc3n2)cc1F. The summed E-state index contributed by atoms with van der Waals surface area (Å²) < 4.78 is 20.6. The number of aliphatic hydroxyl groups excluding tert-OH is 1. The normalized spacial score (nSPS) is 11.3. The number of nitrogens with zero attached hydrogens (tertiary/aromatic N) is 4. The highest BCUT2D eigenvalue weighted by molar-refractivity contribution is 5.93. The second-order valence-corrected chi connectivity index (χ2v) is 5.60. The van der Waals surface area contributed by atoms with Gasteiger partial charge in [-0.2, -0.15) is 5.10 Å². The number of methoxy groups -OCH3 is 1. The van der Waals surface area contributed by atoms with E-state index in [4.69, 9.17) is 9.84 Å². The molecule has 2 aromatic heterocycles. The molecule has 0 bridgehead atoms. The van der Waals surface area contributed by atoms with Gasteiger partial charge in [-0.15, -0.1) is 0 Å². The summed E-state index contributed by atoms with van der Waals surface area (Å²) in [6, 6.07) is 8.46. The molecule has 0 saturated carbocycles. The van der Waals surface area contributed by atoms with E-state index in [0.717, 1.165) is 16.4 Å². The van der Waals surface area contributed by atoms with Crippen LogP contribution in [0.15, 0.2) is 42.7 Å². The first-order chi connectivity index (χ1) is 12.2. The lowest BCUT2D eigenvalue weighted by Crippen LogP contribution is -2.03. The Morgan fingerprint density at radius 3 is 2.80 bits per heavy atom. The maximum atomic E-state index is 13.9. The Bertz CT molecular complexity index is 1080. The Kier molecular flexibility index (Phi) is 3.77. The molecule has 2 aromatic carbocycles. The van der Waals surface area contributed by atoms with Gasteiger partial charge in [-0.3, -0.25) is 9.67 Å². The van der Waals surface area contributed by atoms with Gasteiger partial charge in [0.1, 0.15) is 0 Å². The maximum absolute atomic E-state index is 13.9. The second-order valence-electron chi connectivity index (χ2n) is 5.60. The Morgan fingerprint density at radius 2 is 2.04 bits per heavy atom. The van der Waals surface area contributed by atoms with Gasteiger partial charge in [-0.05, 0) is 30.3 Å². The van der Waals surface area contributed by atoms with Crippen molar-refractivity contribution in [1.29, 1.82) is 0 Å². The van der Waals surface area contributed by atoms with Gasteiger partial charge < -0.3 is 9.84 Å². The number of halogens is 1. The standard InChI is InChI=1S/C18H15FN4O2/c1-25-18-3-2-11(6-13(18)19)16-10-20-14-7-12-9-21-23(4-5-24)17(12)8-15(14)22-16/h2-3,6-10,24H,4-5H2,1H3. The van der Waals surface area contributed by atoms with Crippen LogP contribution in [0.3, 0.4) is 0 Å². The number of benzene rings is 2. The van der Waals surface area contributed by atoms with E-state index < -0.39 is 5.82 Å². The van der Waals surface area contributed by atoms with Crippen LogP contribution in [0.25, 0.3) is 33.2 Å². The number of aromatic nitrogens is 4. The van der Waals surface area contributed by atoms with Crippen molar-refractivity contribution in [2.24, 2.45) is 0 Å². The van der Waals surface area contributed by atoms with Crippen LogP contribution < -0.4 is 4.74 Å². The maximum Gasteiger partial charge on any atom is 0.165 e. The summed E-state index contributed by atoms with van der Waals surface area (Å²) in [6.45, 7) is 0.414. The molecule has 6 nitrogen and oxygen atoms in total. The van der Waals surface area contributed by atoms with Crippen LogP contribution in [0.4, 0.5) is 4.39 Å². The van der Waals surface area contributed by atoms with Gasteiger partial charge in [0, 0.05) is 10.9 Å². The molecule has 4 aromatic rings. The van der Waals surface area contributed by atoms with Gasteiger partial charge in [0.15, 0.2) is 11.6 Å². The van der Waals surface area contributed by atoms with Crippen molar-refractivity contribution in [3.63, 3.8) is 0 Å². The molecule has 126 valence electrons. The van der Waals surface area contributed by atoms with Crippen molar-refractivity contribution in [2.45, 2.75) is 6.54 Å². The highest BCUT2D eigenvalue weighted by atomic mass is 19.1. The first-order valence-corrected chi connectivity index (χ1v) is 7.76. The highest BCUT2D eigenvalue weighted by Crippen LogP contribution is 2.26. The fraction of sp³-hybridized carbons (Fsp3) is 0.167. The fourth-order valence-electron chi connectivity index (χ4n) is 2.82. The molecule has 0 amide bonds. The van der Waals surface area contributed by atoms with Crippen molar-refractivity contribution >= 4 is 21.9 Å². The van der Waals surface area contributed by atoms with Crippen molar-refractivity contribution in [3.8, 4) is 17.0 Å². The zero-order valence-corrected chi connectivity index (χ0v) is 13.5. The minimum Gasteiger partial charge on any atom is -0.494 e. The lowest BCUT2D eigenvalue weighted by Gasteiger charge is -2.06. The van der Waals surface area contributed by atoms with E-state index in [-0.39, 0.29) is 12.4 Å². The average Bonchev–Trinajstić information content (AvgIpc) is 3.01. The lowest BCUT2D eigenvalue weighted by molar-refractivity contribution is 0.271. The molecule has 7 heteroatoms. The van der Waals surface area contributed by atoms with Crippen LogP contribution in [-0.4, -0.2) is 38.6 Å².